The second-order valence-electron chi connectivity index (χ2n) is 5.04. The Hall–Kier alpha value is -2.20. The number of methoxy groups -OCH3 is 1. The number of ether oxygens (including phenoxy) is 3. The van der Waals surface area contributed by atoms with Crippen molar-refractivity contribution in [3.8, 4) is 17.2 Å². The van der Waals surface area contributed by atoms with Gasteiger partial charge < -0.3 is 19.9 Å². The summed E-state index contributed by atoms with van der Waals surface area (Å²) < 4.78 is 16.9. The minimum atomic E-state index is -0.203. The monoisotopic (exact) mass is 285 g/mol. The summed E-state index contributed by atoms with van der Waals surface area (Å²) in [7, 11) is 1.65. The molecule has 0 saturated carbocycles. The predicted molar refractivity (Wildman–Crippen MR) is 80.9 cm³/mol. The minimum Gasteiger partial charge on any atom is -0.497 e. The molecule has 2 aromatic rings. The van der Waals surface area contributed by atoms with Crippen LogP contribution in [-0.2, 0) is 0 Å². The third-order valence-electron chi connectivity index (χ3n) is 3.69. The normalized spacial score (nSPS) is 18.7. The van der Waals surface area contributed by atoms with Crippen LogP contribution in [0.25, 0.3) is 0 Å². The van der Waals surface area contributed by atoms with Crippen LogP contribution < -0.4 is 19.9 Å². The Labute approximate surface area is 124 Å². The Bertz CT molecular complexity index is 597. The third-order valence-corrected chi connectivity index (χ3v) is 3.69. The van der Waals surface area contributed by atoms with E-state index in [0.29, 0.717) is 6.61 Å². The van der Waals surface area contributed by atoms with Gasteiger partial charge in [-0.05, 0) is 29.8 Å². The summed E-state index contributed by atoms with van der Waals surface area (Å²) in [5.74, 6) is 2.35. The van der Waals surface area contributed by atoms with Gasteiger partial charge in [-0.2, -0.15) is 0 Å². The van der Waals surface area contributed by atoms with Gasteiger partial charge in [-0.15, -0.1) is 0 Å². The van der Waals surface area contributed by atoms with Gasteiger partial charge in [0, 0.05) is 6.42 Å². The van der Waals surface area contributed by atoms with Gasteiger partial charge in [0.1, 0.15) is 11.9 Å². The zero-order chi connectivity index (χ0) is 14.7. The zero-order valence-corrected chi connectivity index (χ0v) is 12.0. The van der Waals surface area contributed by atoms with E-state index in [1.165, 1.54) is 0 Å². The molecule has 2 atom stereocenters. The van der Waals surface area contributed by atoms with Crippen LogP contribution in [0, 0.1) is 0 Å². The Morgan fingerprint density at radius 2 is 1.81 bits per heavy atom. The predicted octanol–water partition coefficient (Wildman–Crippen LogP) is 2.93. The van der Waals surface area contributed by atoms with Crippen LogP contribution in [-0.4, -0.2) is 19.8 Å². The van der Waals surface area contributed by atoms with Crippen molar-refractivity contribution in [1.82, 2.24) is 0 Å². The van der Waals surface area contributed by atoms with Crippen LogP contribution >= 0.6 is 0 Å². The van der Waals surface area contributed by atoms with E-state index in [2.05, 4.69) is 0 Å². The maximum atomic E-state index is 6.37. The Balaban J connectivity index is 1.79. The lowest BCUT2D eigenvalue weighted by Crippen LogP contribution is -2.31. The lowest BCUT2D eigenvalue weighted by Gasteiger charge is -2.23. The molecule has 110 valence electrons. The fourth-order valence-corrected chi connectivity index (χ4v) is 2.47. The molecular weight excluding hydrogens is 266 g/mol. The molecule has 0 aliphatic carbocycles. The molecule has 2 unspecified atom stereocenters. The van der Waals surface area contributed by atoms with E-state index in [1.807, 2.05) is 48.5 Å². The summed E-state index contributed by atoms with van der Waals surface area (Å²) in [6.45, 7) is 0.603. The second kappa shape index (κ2) is 6.06. The van der Waals surface area contributed by atoms with Crippen LogP contribution in [0.4, 0.5) is 0 Å². The van der Waals surface area contributed by atoms with Crippen molar-refractivity contribution in [2.45, 2.75) is 18.6 Å². The van der Waals surface area contributed by atoms with E-state index in [1.54, 1.807) is 7.11 Å². The molecule has 2 aromatic carbocycles. The SMILES string of the molecule is COc1ccc(C(N)C2CCOc3ccccc3O2)cc1. The molecule has 1 aliphatic heterocycles. The van der Waals surface area contributed by atoms with Gasteiger partial charge in [-0.3, -0.25) is 0 Å². The molecule has 1 heterocycles. The zero-order valence-electron chi connectivity index (χ0n) is 12.0. The summed E-state index contributed by atoms with van der Waals surface area (Å²) in [6, 6.07) is 15.3. The molecule has 21 heavy (non-hydrogen) atoms. The molecule has 0 amide bonds. The first-order chi connectivity index (χ1) is 10.3. The van der Waals surface area contributed by atoms with Crippen molar-refractivity contribution in [2.75, 3.05) is 13.7 Å². The Kier molecular flexibility index (Phi) is 3.97. The van der Waals surface area contributed by atoms with Crippen LogP contribution in [0.1, 0.15) is 18.0 Å². The maximum absolute atomic E-state index is 6.37. The van der Waals surface area contributed by atoms with Gasteiger partial charge in [0.2, 0.25) is 0 Å². The number of nitrogens with two attached hydrogens (primary N) is 1. The van der Waals surface area contributed by atoms with Crippen molar-refractivity contribution in [3.63, 3.8) is 0 Å². The van der Waals surface area contributed by atoms with Gasteiger partial charge in [-0.25, -0.2) is 0 Å². The lowest BCUT2D eigenvalue weighted by atomic mass is 10.00. The van der Waals surface area contributed by atoms with Crippen molar-refractivity contribution < 1.29 is 14.2 Å². The number of para-hydroxylation sites is 2. The molecule has 1 aliphatic rings. The molecule has 0 saturated heterocycles. The molecule has 0 aromatic heterocycles. The van der Waals surface area contributed by atoms with E-state index >= 15 is 0 Å². The Morgan fingerprint density at radius 3 is 2.52 bits per heavy atom. The smallest absolute Gasteiger partial charge is 0.161 e. The molecule has 0 bridgehead atoms. The molecular formula is C17H19NO3. The molecule has 2 N–H and O–H groups in total. The lowest BCUT2D eigenvalue weighted by molar-refractivity contribution is 0.162. The summed E-state index contributed by atoms with van der Waals surface area (Å²) in [5.41, 5.74) is 7.39. The molecule has 0 fully saturated rings. The van der Waals surface area contributed by atoms with Crippen LogP contribution in [0.2, 0.25) is 0 Å². The van der Waals surface area contributed by atoms with E-state index in [9.17, 15) is 0 Å². The van der Waals surface area contributed by atoms with Crippen molar-refractivity contribution in [2.24, 2.45) is 5.73 Å². The number of hydrogen-bond donors (Lipinski definition) is 1. The van der Waals surface area contributed by atoms with Gasteiger partial charge in [0.05, 0.1) is 19.8 Å². The second-order valence-corrected chi connectivity index (χ2v) is 5.04. The molecule has 0 radical (unpaired) electrons. The molecule has 4 nitrogen and oxygen atoms in total. The van der Waals surface area contributed by atoms with Crippen molar-refractivity contribution in [3.05, 3.63) is 54.1 Å². The number of rotatable bonds is 3. The first kappa shape index (κ1) is 13.8. The summed E-state index contributed by atoms with van der Waals surface area (Å²) in [6.07, 6.45) is 0.643. The Morgan fingerprint density at radius 1 is 1.10 bits per heavy atom. The highest BCUT2D eigenvalue weighted by atomic mass is 16.5. The first-order valence-corrected chi connectivity index (χ1v) is 7.06. The summed E-state index contributed by atoms with van der Waals surface area (Å²) in [5, 5.41) is 0. The average molecular weight is 285 g/mol. The summed E-state index contributed by atoms with van der Waals surface area (Å²) >= 11 is 0. The molecule has 3 rings (SSSR count). The maximum Gasteiger partial charge on any atom is 0.161 e. The summed E-state index contributed by atoms with van der Waals surface area (Å²) in [4.78, 5) is 0. The van der Waals surface area contributed by atoms with Crippen LogP contribution in [0.5, 0.6) is 17.2 Å². The fraction of sp³-hybridized carbons (Fsp3) is 0.294. The highest BCUT2D eigenvalue weighted by molar-refractivity contribution is 5.40. The van der Waals surface area contributed by atoms with Crippen LogP contribution in [0.3, 0.4) is 0 Å². The van der Waals surface area contributed by atoms with E-state index in [0.717, 1.165) is 29.2 Å². The largest absolute Gasteiger partial charge is 0.497 e. The van der Waals surface area contributed by atoms with Gasteiger partial charge in [0.15, 0.2) is 11.5 Å². The molecule has 0 spiro atoms. The number of benzene rings is 2. The standard InChI is InChI=1S/C17H19NO3/c1-19-13-8-6-12(7-9-13)17(18)16-10-11-20-14-4-2-3-5-15(14)21-16/h2-9,16-17H,10-11,18H2,1H3. The highest BCUT2D eigenvalue weighted by Gasteiger charge is 2.25. The van der Waals surface area contributed by atoms with Crippen LogP contribution in [0.15, 0.2) is 48.5 Å². The van der Waals surface area contributed by atoms with E-state index in [4.69, 9.17) is 19.9 Å². The third kappa shape index (κ3) is 2.95. The topological polar surface area (TPSA) is 53.7 Å². The minimum absolute atomic E-state index is 0.109. The number of fused-ring (bicyclic) bond motifs is 1. The van der Waals surface area contributed by atoms with E-state index < -0.39 is 0 Å². The van der Waals surface area contributed by atoms with Gasteiger partial charge in [-0.1, -0.05) is 24.3 Å². The van der Waals surface area contributed by atoms with Crippen molar-refractivity contribution in [1.29, 1.82) is 0 Å². The van der Waals surface area contributed by atoms with Crippen molar-refractivity contribution >= 4 is 0 Å². The van der Waals surface area contributed by atoms with E-state index in [-0.39, 0.29) is 12.1 Å². The van der Waals surface area contributed by atoms with Gasteiger partial charge >= 0.3 is 0 Å². The quantitative estimate of drug-likeness (QED) is 0.942. The van der Waals surface area contributed by atoms with Gasteiger partial charge in [0.25, 0.3) is 0 Å². The first-order valence-electron chi connectivity index (χ1n) is 7.06. The molecule has 4 heteroatoms. The number of hydrogen-bond acceptors (Lipinski definition) is 4. The highest BCUT2D eigenvalue weighted by Crippen LogP contribution is 2.33. The average Bonchev–Trinajstić information content (AvgIpc) is 2.76. The fourth-order valence-electron chi connectivity index (χ4n) is 2.47.